The van der Waals surface area contributed by atoms with Gasteiger partial charge in [0.25, 0.3) is 0 Å². The van der Waals surface area contributed by atoms with Crippen molar-refractivity contribution in [3.05, 3.63) is 93.6 Å². The van der Waals surface area contributed by atoms with Crippen molar-refractivity contribution < 1.29 is 4.42 Å². The molecule has 8 bridgehead atoms. The summed E-state index contributed by atoms with van der Waals surface area (Å²) in [7, 11) is 0. The molecule has 0 aliphatic rings. The van der Waals surface area contributed by atoms with Crippen molar-refractivity contribution in [2.45, 2.75) is 0 Å². The molecule has 134 valence electrons. The van der Waals surface area contributed by atoms with Gasteiger partial charge in [-0.1, -0.05) is 54.6 Å². The maximum Gasteiger partial charge on any atom is 0.346 e. The highest BCUT2D eigenvalue weighted by molar-refractivity contribution is 6.39. The molecule has 29 heavy (non-hydrogen) atoms. The number of hydrogen-bond donors (Lipinski definition) is 0. The van der Waals surface area contributed by atoms with Gasteiger partial charge in [-0.25, -0.2) is 9.59 Å². The number of rotatable bonds is 0. The maximum absolute atomic E-state index is 12.9. The van der Waals surface area contributed by atoms with Gasteiger partial charge in [0.15, 0.2) is 0 Å². The quantitative estimate of drug-likeness (QED) is 0.250. The summed E-state index contributed by atoms with van der Waals surface area (Å²) in [5.74, 6) is 0. The Kier molecular flexibility index (Phi) is 2.53. The second-order valence-electron chi connectivity index (χ2n) is 7.62. The Labute approximate surface area is 163 Å². The SMILES string of the molecule is O=c1oc(=O)c2ccc3c4cccc5cc6c1cccc6c(c1cccc2c31)c54. The van der Waals surface area contributed by atoms with Gasteiger partial charge in [0, 0.05) is 0 Å². The molecule has 3 heteroatoms. The fraction of sp³-hybridized carbons (Fsp3) is 0. The van der Waals surface area contributed by atoms with Crippen molar-refractivity contribution >= 4 is 64.6 Å². The van der Waals surface area contributed by atoms with Crippen LogP contribution >= 0.6 is 0 Å². The van der Waals surface area contributed by atoms with Crippen LogP contribution in [-0.4, -0.2) is 0 Å². The monoisotopic (exact) mass is 372 g/mol. The molecule has 7 rings (SSSR count). The predicted octanol–water partition coefficient (Wildman–Crippen LogP) is 5.79. The smallest absolute Gasteiger partial charge is 0.346 e. The summed E-state index contributed by atoms with van der Waals surface area (Å²) >= 11 is 0. The highest BCUT2D eigenvalue weighted by Gasteiger charge is 2.18. The van der Waals surface area contributed by atoms with Crippen LogP contribution in [0.25, 0.3) is 64.6 Å². The summed E-state index contributed by atoms with van der Waals surface area (Å²) in [4.78, 5) is 25.9. The first-order chi connectivity index (χ1) is 14.2. The molecule has 6 aromatic carbocycles. The molecule has 0 N–H and O–H groups in total. The fourth-order valence-electron chi connectivity index (χ4n) is 5.09. The number of benzene rings is 6. The highest BCUT2D eigenvalue weighted by atomic mass is 16.4. The van der Waals surface area contributed by atoms with E-state index in [-0.39, 0.29) is 0 Å². The number of hydrogen-bond acceptors (Lipinski definition) is 3. The van der Waals surface area contributed by atoms with Crippen LogP contribution < -0.4 is 11.3 Å². The van der Waals surface area contributed by atoms with Crippen molar-refractivity contribution in [1.82, 2.24) is 0 Å². The van der Waals surface area contributed by atoms with Gasteiger partial charge in [-0.2, -0.15) is 0 Å². The Bertz CT molecular complexity index is 1890. The summed E-state index contributed by atoms with van der Waals surface area (Å²) in [6.07, 6.45) is 0. The lowest BCUT2D eigenvalue weighted by atomic mass is 9.86. The van der Waals surface area contributed by atoms with Gasteiger partial charge >= 0.3 is 11.3 Å². The molecule has 0 fully saturated rings. The lowest BCUT2D eigenvalue weighted by Crippen LogP contribution is -2.07. The van der Waals surface area contributed by atoms with Crippen molar-refractivity contribution in [3.63, 3.8) is 0 Å². The summed E-state index contributed by atoms with van der Waals surface area (Å²) in [6, 6.07) is 23.7. The molecule has 0 radical (unpaired) electrons. The summed E-state index contributed by atoms with van der Waals surface area (Å²) < 4.78 is 5.32. The lowest BCUT2D eigenvalue weighted by molar-refractivity contribution is 0.491. The van der Waals surface area contributed by atoms with Crippen LogP contribution in [0.4, 0.5) is 0 Å². The Hall–Kier alpha value is -3.98. The molecular formula is C26H12O3. The molecule has 0 spiro atoms. The standard InChI is InChI=1S/C26H12O3/c27-25-18-8-2-7-16-21(18)12-13-4-1-5-14-17-10-11-19(26(28)29-25)15-6-3-9-20(23(15)17)24(16)22(13)14/h1-12H. The van der Waals surface area contributed by atoms with Gasteiger partial charge in [0.2, 0.25) is 0 Å². The van der Waals surface area contributed by atoms with Crippen molar-refractivity contribution in [3.8, 4) is 0 Å². The average Bonchev–Trinajstić information content (AvgIpc) is 2.75. The zero-order chi connectivity index (χ0) is 19.3. The van der Waals surface area contributed by atoms with Crippen LogP contribution in [0.5, 0.6) is 0 Å². The molecule has 3 nitrogen and oxygen atoms in total. The minimum atomic E-state index is -0.617. The molecule has 1 aromatic heterocycles. The van der Waals surface area contributed by atoms with E-state index in [0.717, 1.165) is 48.5 Å². The topological polar surface area (TPSA) is 47.3 Å². The number of fused-ring (bicyclic) bond motifs is 1. The van der Waals surface area contributed by atoms with E-state index in [1.54, 1.807) is 12.1 Å². The van der Waals surface area contributed by atoms with Crippen LogP contribution in [0.15, 0.2) is 86.8 Å². The van der Waals surface area contributed by atoms with Crippen molar-refractivity contribution in [1.29, 1.82) is 0 Å². The molecule has 0 atom stereocenters. The van der Waals surface area contributed by atoms with Crippen LogP contribution in [0.1, 0.15) is 0 Å². The second kappa shape index (κ2) is 4.89. The van der Waals surface area contributed by atoms with E-state index in [4.69, 9.17) is 4.42 Å². The highest BCUT2D eigenvalue weighted by Crippen LogP contribution is 2.44. The normalized spacial score (nSPS) is 12.4. The van der Waals surface area contributed by atoms with E-state index in [9.17, 15) is 9.59 Å². The summed E-state index contributed by atoms with van der Waals surface area (Å²) in [6.45, 7) is 0. The average molecular weight is 372 g/mol. The van der Waals surface area contributed by atoms with E-state index in [1.807, 2.05) is 42.5 Å². The molecule has 0 saturated carbocycles. The Morgan fingerprint density at radius 2 is 0.966 bits per heavy atom. The Morgan fingerprint density at radius 1 is 0.448 bits per heavy atom. The van der Waals surface area contributed by atoms with Gasteiger partial charge < -0.3 is 4.42 Å². The largest absolute Gasteiger partial charge is 0.386 e. The second-order valence-corrected chi connectivity index (χ2v) is 7.62. The minimum absolute atomic E-state index is 0.410. The van der Waals surface area contributed by atoms with Crippen LogP contribution in [0.3, 0.4) is 0 Å². The zero-order valence-corrected chi connectivity index (χ0v) is 15.2. The molecule has 1 heterocycles. The summed E-state index contributed by atoms with van der Waals surface area (Å²) in [5.41, 5.74) is -1.23. The van der Waals surface area contributed by atoms with E-state index in [0.29, 0.717) is 10.8 Å². The van der Waals surface area contributed by atoms with E-state index in [2.05, 4.69) is 18.2 Å². The van der Waals surface area contributed by atoms with E-state index < -0.39 is 11.3 Å². The Morgan fingerprint density at radius 3 is 1.76 bits per heavy atom. The molecule has 0 aliphatic heterocycles. The fourth-order valence-corrected chi connectivity index (χ4v) is 5.09. The van der Waals surface area contributed by atoms with Gasteiger partial charge in [0.1, 0.15) is 0 Å². The van der Waals surface area contributed by atoms with Crippen LogP contribution in [0, 0.1) is 0 Å². The molecule has 7 aromatic rings. The van der Waals surface area contributed by atoms with Gasteiger partial charge in [0.05, 0.1) is 10.8 Å². The van der Waals surface area contributed by atoms with Crippen LogP contribution in [0.2, 0.25) is 0 Å². The van der Waals surface area contributed by atoms with Gasteiger partial charge in [-0.15, -0.1) is 0 Å². The zero-order valence-electron chi connectivity index (χ0n) is 15.2. The first-order valence-corrected chi connectivity index (χ1v) is 9.54. The Balaban J connectivity index is 2.13. The van der Waals surface area contributed by atoms with E-state index >= 15 is 0 Å². The third-order valence-electron chi connectivity index (χ3n) is 6.25. The third kappa shape index (κ3) is 1.69. The maximum atomic E-state index is 12.9. The molecule has 0 saturated heterocycles. The molecular weight excluding hydrogens is 360 g/mol. The lowest BCUT2D eigenvalue weighted by Gasteiger charge is -2.16. The third-order valence-corrected chi connectivity index (χ3v) is 6.25. The molecule has 0 unspecified atom stereocenters. The molecule has 0 aliphatic carbocycles. The van der Waals surface area contributed by atoms with Gasteiger partial charge in [-0.05, 0) is 72.1 Å². The predicted molar refractivity (Wildman–Crippen MR) is 119 cm³/mol. The van der Waals surface area contributed by atoms with Gasteiger partial charge in [-0.3, -0.25) is 0 Å². The molecule has 0 amide bonds. The summed E-state index contributed by atoms with van der Waals surface area (Å²) in [5, 5.41) is 11.2. The first kappa shape index (κ1) is 15.0. The first-order valence-electron chi connectivity index (χ1n) is 9.54. The van der Waals surface area contributed by atoms with Crippen molar-refractivity contribution in [2.24, 2.45) is 0 Å². The van der Waals surface area contributed by atoms with Crippen LogP contribution in [-0.2, 0) is 0 Å². The van der Waals surface area contributed by atoms with E-state index in [1.165, 1.54) is 5.39 Å². The van der Waals surface area contributed by atoms with Crippen molar-refractivity contribution in [2.75, 3.05) is 0 Å². The minimum Gasteiger partial charge on any atom is -0.386 e.